The molecule has 3 rings (SSSR count). The zero-order valence-electron chi connectivity index (χ0n) is 15.0. The Morgan fingerprint density at radius 3 is 2.69 bits per heavy atom. The van der Waals surface area contributed by atoms with Crippen LogP contribution in [0.1, 0.15) is 29.0 Å². The number of carboxylic acids is 1. The maximum absolute atomic E-state index is 12.9. The molecule has 0 radical (unpaired) electrons. The molecule has 2 heterocycles. The van der Waals surface area contributed by atoms with Crippen molar-refractivity contribution in [2.75, 3.05) is 26.8 Å². The van der Waals surface area contributed by atoms with Crippen molar-refractivity contribution >= 4 is 11.9 Å². The van der Waals surface area contributed by atoms with Gasteiger partial charge in [-0.15, -0.1) is 0 Å². The van der Waals surface area contributed by atoms with Crippen LogP contribution in [-0.2, 0) is 9.53 Å². The van der Waals surface area contributed by atoms with Gasteiger partial charge in [0.25, 0.3) is 5.91 Å². The lowest BCUT2D eigenvalue weighted by Gasteiger charge is -2.39. The van der Waals surface area contributed by atoms with Gasteiger partial charge in [0, 0.05) is 25.9 Å². The Balaban J connectivity index is 1.84. The summed E-state index contributed by atoms with van der Waals surface area (Å²) in [6.07, 6.45) is 1.12. The fourth-order valence-corrected chi connectivity index (χ4v) is 3.51. The molecule has 1 aliphatic heterocycles. The van der Waals surface area contributed by atoms with Crippen LogP contribution in [-0.4, -0.2) is 58.5 Å². The standard InChI is InChI=1S/C19H23N3O4/c1-14-11-16(20-22(14)15-7-4-3-5-8-15)17(23)21-10-6-9-19(12-21,13-26-2)18(24)25/h3-5,7-8,11H,6,9-10,12-13H2,1-2H3,(H,24,25). The van der Waals surface area contributed by atoms with E-state index in [0.29, 0.717) is 25.1 Å². The summed E-state index contributed by atoms with van der Waals surface area (Å²) in [6, 6.07) is 11.3. The highest BCUT2D eigenvalue weighted by Crippen LogP contribution is 2.31. The van der Waals surface area contributed by atoms with E-state index >= 15 is 0 Å². The molecule has 1 aromatic heterocycles. The number of likely N-dealkylation sites (tertiary alicyclic amines) is 1. The van der Waals surface area contributed by atoms with Crippen LogP contribution >= 0.6 is 0 Å². The van der Waals surface area contributed by atoms with Crippen LogP contribution in [0.25, 0.3) is 5.69 Å². The molecule has 1 unspecified atom stereocenters. The molecule has 1 aromatic carbocycles. The molecule has 2 aromatic rings. The van der Waals surface area contributed by atoms with Gasteiger partial charge in [0.05, 0.1) is 12.3 Å². The number of carbonyl (C=O) groups is 2. The third-order valence-corrected chi connectivity index (χ3v) is 4.85. The molecule has 1 aliphatic rings. The van der Waals surface area contributed by atoms with Gasteiger partial charge in [-0.25, -0.2) is 4.68 Å². The number of hydrogen-bond donors (Lipinski definition) is 1. The van der Waals surface area contributed by atoms with Gasteiger partial charge in [-0.2, -0.15) is 5.10 Å². The summed E-state index contributed by atoms with van der Waals surface area (Å²) in [5.41, 5.74) is 0.990. The van der Waals surface area contributed by atoms with Crippen molar-refractivity contribution in [3.63, 3.8) is 0 Å². The molecule has 1 N–H and O–H groups in total. The van der Waals surface area contributed by atoms with E-state index in [1.54, 1.807) is 15.6 Å². The lowest BCUT2D eigenvalue weighted by molar-refractivity contribution is -0.155. The van der Waals surface area contributed by atoms with Gasteiger partial charge in [-0.1, -0.05) is 18.2 Å². The Labute approximate surface area is 152 Å². The van der Waals surface area contributed by atoms with E-state index in [1.807, 2.05) is 37.3 Å². The van der Waals surface area contributed by atoms with Crippen LogP contribution < -0.4 is 0 Å². The number of rotatable bonds is 5. The Morgan fingerprint density at radius 2 is 2.04 bits per heavy atom. The van der Waals surface area contributed by atoms with Gasteiger partial charge in [0.2, 0.25) is 0 Å². The number of hydrogen-bond acceptors (Lipinski definition) is 4. The third-order valence-electron chi connectivity index (χ3n) is 4.85. The van der Waals surface area contributed by atoms with Crippen molar-refractivity contribution in [2.24, 2.45) is 5.41 Å². The molecule has 138 valence electrons. The number of para-hydroxylation sites is 1. The molecule has 0 saturated carbocycles. The fourth-order valence-electron chi connectivity index (χ4n) is 3.51. The second kappa shape index (κ2) is 7.29. The predicted molar refractivity (Wildman–Crippen MR) is 95.4 cm³/mol. The highest BCUT2D eigenvalue weighted by atomic mass is 16.5. The molecule has 0 bridgehead atoms. The highest BCUT2D eigenvalue weighted by Gasteiger charge is 2.44. The fraction of sp³-hybridized carbons (Fsp3) is 0.421. The monoisotopic (exact) mass is 357 g/mol. The van der Waals surface area contributed by atoms with Crippen LogP contribution in [0.2, 0.25) is 0 Å². The number of nitrogens with zero attached hydrogens (tertiary/aromatic N) is 3. The van der Waals surface area contributed by atoms with E-state index in [4.69, 9.17) is 4.74 Å². The van der Waals surface area contributed by atoms with Gasteiger partial charge in [0.1, 0.15) is 5.41 Å². The zero-order chi connectivity index (χ0) is 18.7. The quantitative estimate of drug-likeness (QED) is 0.886. The average Bonchev–Trinajstić information content (AvgIpc) is 3.04. The first-order chi connectivity index (χ1) is 12.5. The molecule has 26 heavy (non-hydrogen) atoms. The lowest BCUT2D eigenvalue weighted by Crippen LogP contribution is -2.52. The topological polar surface area (TPSA) is 84.7 Å². The molecule has 0 aliphatic carbocycles. The van der Waals surface area contributed by atoms with Crippen molar-refractivity contribution < 1.29 is 19.4 Å². The number of piperidine rings is 1. The molecule has 7 heteroatoms. The first-order valence-electron chi connectivity index (χ1n) is 8.60. The Kier molecular flexibility index (Phi) is 5.08. The molecule has 1 amide bonds. The number of aryl methyl sites for hydroxylation is 1. The normalized spacial score (nSPS) is 20.2. The van der Waals surface area contributed by atoms with Crippen molar-refractivity contribution in [2.45, 2.75) is 19.8 Å². The first kappa shape index (κ1) is 18.1. The minimum absolute atomic E-state index is 0.0869. The minimum atomic E-state index is -1.06. The maximum atomic E-state index is 12.9. The van der Waals surface area contributed by atoms with E-state index in [9.17, 15) is 14.7 Å². The van der Waals surface area contributed by atoms with Crippen molar-refractivity contribution in [3.8, 4) is 5.69 Å². The maximum Gasteiger partial charge on any atom is 0.313 e. The first-order valence-corrected chi connectivity index (χ1v) is 8.60. The molecule has 1 fully saturated rings. The Bertz CT molecular complexity index is 798. The predicted octanol–water partition coefficient (Wildman–Crippen LogP) is 2.13. The number of carbonyl (C=O) groups excluding carboxylic acids is 1. The molecular formula is C19H23N3O4. The summed E-state index contributed by atoms with van der Waals surface area (Å²) in [4.78, 5) is 26.3. The van der Waals surface area contributed by atoms with Gasteiger partial charge in [0.15, 0.2) is 5.69 Å². The summed E-state index contributed by atoms with van der Waals surface area (Å²) in [7, 11) is 1.48. The van der Waals surface area contributed by atoms with E-state index in [1.165, 1.54) is 7.11 Å². The number of benzene rings is 1. The number of amides is 1. The Hall–Kier alpha value is -2.67. The van der Waals surface area contributed by atoms with Crippen LogP contribution in [0.3, 0.4) is 0 Å². The van der Waals surface area contributed by atoms with Gasteiger partial charge in [-0.05, 0) is 38.0 Å². The molecule has 0 spiro atoms. The summed E-state index contributed by atoms with van der Waals surface area (Å²) in [6.45, 7) is 2.63. The van der Waals surface area contributed by atoms with E-state index in [-0.39, 0.29) is 19.1 Å². The van der Waals surface area contributed by atoms with Gasteiger partial charge in [-0.3, -0.25) is 9.59 Å². The van der Waals surface area contributed by atoms with E-state index in [0.717, 1.165) is 11.4 Å². The summed E-state index contributed by atoms with van der Waals surface area (Å²) in [5.74, 6) is -1.17. The average molecular weight is 357 g/mol. The highest BCUT2D eigenvalue weighted by molar-refractivity contribution is 5.93. The summed E-state index contributed by atoms with van der Waals surface area (Å²) < 4.78 is 6.84. The zero-order valence-corrected chi connectivity index (χ0v) is 15.0. The van der Waals surface area contributed by atoms with Crippen LogP contribution in [0.4, 0.5) is 0 Å². The summed E-state index contributed by atoms with van der Waals surface area (Å²) >= 11 is 0. The van der Waals surface area contributed by atoms with Gasteiger partial charge >= 0.3 is 5.97 Å². The Morgan fingerprint density at radius 1 is 1.31 bits per heavy atom. The van der Waals surface area contributed by atoms with Crippen molar-refractivity contribution in [1.29, 1.82) is 0 Å². The van der Waals surface area contributed by atoms with Crippen LogP contribution in [0.5, 0.6) is 0 Å². The molecule has 1 atom stereocenters. The lowest BCUT2D eigenvalue weighted by atomic mass is 9.80. The van der Waals surface area contributed by atoms with Crippen molar-refractivity contribution in [3.05, 3.63) is 47.8 Å². The molecule has 1 saturated heterocycles. The third kappa shape index (κ3) is 3.35. The summed E-state index contributed by atoms with van der Waals surface area (Å²) in [5, 5.41) is 14.1. The second-order valence-electron chi connectivity index (χ2n) is 6.77. The smallest absolute Gasteiger partial charge is 0.313 e. The number of aliphatic carboxylic acids is 1. The number of ether oxygens (including phenoxy) is 1. The van der Waals surface area contributed by atoms with Crippen LogP contribution in [0, 0.1) is 12.3 Å². The number of methoxy groups -OCH3 is 1. The SMILES string of the molecule is COCC1(C(=O)O)CCCN(C(=O)c2cc(C)n(-c3ccccc3)n2)C1. The molecule has 7 nitrogen and oxygen atoms in total. The van der Waals surface area contributed by atoms with Gasteiger partial charge < -0.3 is 14.7 Å². The van der Waals surface area contributed by atoms with E-state index < -0.39 is 11.4 Å². The van der Waals surface area contributed by atoms with Crippen LogP contribution in [0.15, 0.2) is 36.4 Å². The second-order valence-corrected chi connectivity index (χ2v) is 6.77. The minimum Gasteiger partial charge on any atom is -0.481 e. The largest absolute Gasteiger partial charge is 0.481 e. The number of carboxylic acid groups (broad SMARTS) is 1. The van der Waals surface area contributed by atoms with Crippen molar-refractivity contribution in [1.82, 2.24) is 14.7 Å². The van der Waals surface area contributed by atoms with E-state index in [2.05, 4.69) is 5.10 Å². The number of aromatic nitrogens is 2. The molecular weight excluding hydrogens is 334 g/mol.